The van der Waals surface area contributed by atoms with Gasteiger partial charge in [-0.3, -0.25) is 0 Å². The number of ether oxygens (including phenoxy) is 1. The molecule has 0 aliphatic rings. The minimum absolute atomic E-state index is 0.0201. The van der Waals surface area contributed by atoms with Crippen molar-refractivity contribution < 1.29 is 13.2 Å². The fraction of sp³-hybridized carbons (Fsp3) is 0.381. The Hall–Kier alpha value is -2.58. The molecule has 0 spiro atoms. The summed E-state index contributed by atoms with van der Waals surface area (Å²) in [5.41, 5.74) is 1.78. The molecule has 1 heterocycles. The molecule has 0 amide bonds. The molecule has 7 nitrogen and oxygen atoms in total. The Morgan fingerprint density at radius 3 is 2.41 bits per heavy atom. The van der Waals surface area contributed by atoms with E-state index in [9.17, 15) is 8.42 Å². The standard InChI is InChI=1S/C21H26N4O3S/c1-18(9-8-15-28-17-19-10-4-2-5-11-19)14-16-29(26,27)21-22-23-24-25(21)20-12-6-3-7-13-20/h2-7,10-13,18H,8-9,14-17H2,1H3/t18-/m1/s1. The molecule has 3 rings (SSSR count). The first-order valence-electron chi connectivity index (χ1n) is 9.74. The molecule has 0 unspecified atom stereocenters. The van der Waals surface area contributed by atoms with Crippen LogP contribution < -0.4 is 0 Å². The molecule has 0 aliphatic carbocycles. The molecule has 0 fully saturated rings. The van der Waals surface area contributed by atoms with Crippen LogP contribution in [0.15, 0.2) is 65.8 Å². The van der Waals surface area contributed by atoms with Gasteiger partial charge in [0.25, 0.3) is 5.16 Å². The van der Waals surface area contributed by atoms with E-state index in [-0.39, 0.29) is 16.8 Å². The number of rotatable bonds is 11. The van der Waals surface area contributed by atoms with Crippen LogP contribution in [0.25, 0.3) is 5.69 Å². The Morgan fingerprint density at radius 2 is 1.69 bits per heavy atom. The van der Waals surface area contributed by atoms with Crippen LogP contribution in [-0.2, 0) is 21.2 Å². The number of sulfone groups is 1. The van der Waals surface area contributed by atoms with Gasteiger partial charge in [-0.2, -0.15) is 4.68 Å². The highest BCUT2D eigenvalue weighted by molar-refractivity contribution is 7.91. The quantitative estimate of drug-likeness (QED) is 0.447. The second-order valence-corrected chi connectivity index (χ2v) is 9.10. The van der Waals surface area contributed by atoms with Crippen LogP contribution in [0.5, 0.6) is 0 Å². The lowest BCUT2D eigenvalue weighted by Crippen LogP contribution is -2.16. The van der Waals surface area contributed by atoms with Gasteiger partial charge in [0, 0.05) is 6.61 Å². The van der Waals surface area contributed by atoms with Crippen LogP contribution in [0.1, 0.15) is 31.7 Å². The smallest absolute Gasteiger partial charge is 0.272 e. The third-order valence-electron chi connectivity index (χ3n) is 4.70. The van der Waals surface area contributed by atoms with Gasteiger partial charge in [-0.05, 0) is 53.3 Å². The molecule has 0 bridgehead atoms. The van der Waals surface area contributed by atoms with E-state index in [0.717, 1.165) is 18.4 Å². The Labute approximate surface area is 171 Å². The highest BCUT2D eigenvalue weighted by atomic mass is 32.2. The predicted octanol–water partition coefficient (Wildman–Crippen LogP) is 3.46. The third-order valence-corrected chi connectivity index (χ3v) is 6.28. The van der Waals surface area contributed by atoms with Crippen molar-refractivity contribution in [3.63, 3.8) is 0 Å². The normalized spacial score (nSPS) is 12.7. The first-order valence-corrected chi connectivity index (χ1v) is 11.4. The van der Waals surface area contributed by atoms with Crippen LogP contribution in [0, 0.1) is 5.92 Å². The van der Waals surface area contributed by atoms with Crippen molar-refractivity contribution >= 4 is 9.84 Å². The lowest BCUT2D eigenvalue weighted by atomic mass is 10.0. The zero-order valence-corrected chi connectivity index (χ0v) is 17.3. The van der Waals surface area contributed by atoms with E-state index in [4.69, 9.17) is 4.74 Å². The molecule has 29 heavy (non-hydrogen) atoms. The summed E-state index contributed by atoms with van der Waals surface area (Å²) in [5.74, 6) is 0.290. The summed E-state index contributed by atoms with van der Waals surface area (Å²) >= 11 is 0. The Morgan fingerprint density at radius 1 is 1.00 bits per heavy atom. The SMILES string of the molecule is C[C@H](CCCOCc1ccccc1)CCS(=O)(=O)c1nnnn1-c1ccccc1. The highest BCUT2D eigenvalue weighted by Gasteiger charge is 2.24. The summed E-state index contributed by atoms with van der Waals surface area (Å²) in [6.45, 7) is 3.33. The number of hydrogen-bond acceptors (Lipinski definition) is 6. The van der Waals surface area contributed by atoms with E-state index in [0.29, 0.717) is 25.3 Å². The molecule has 3 aromatic rings. The maximum Gasteiger partial charge on any atom is 0.272 e. The van der Waals surface area contributed by atoms with Crippen LogP contribution in [-0.4, -0.2) is 41.0 Å². The molecule has 2 aromatic carbocycles. The van der Waals surface area contributed by atoms with E-state index < -0.39 is 9.84 Å². The molecule has 0 radical (unpaired) electrons. The van der Waals surface area contributed by atoms with Gasteiger partial charge in [-0.25, -0.2) is 8.42 Å². The van der Waals surface area contributed by atoms with Gasteiger partial charge in [-0.1, -0.05) is 60.6 Å². The van der Waals surface area contributed by atoms with Gasteiger partial charge >= 0.3 is 0 Å². The average Bonchev–Trinajstić information content (AvgIpc) is 3.25. The van der Waals surface area contributed by atoms with Crippen LogP contribution in [0.2, 0.25) is 0 Å². The fourth-order valence-corrected chi connectivity index (χ4v) is 4.46. The number of nitrogens with zero attached hydrogens (tertiary/aromatic N) is 4. The molecule has 0 aliphatic heterocycles. The highest BCUT2D eigenvalue weighted by Crippen LogP contribution is 2.17. The summed E-state index contributed by atoms with van der Waals surface area (Å²) in [4.78, 5) is 0. The van der Waals surface area contributed by atoms with Crippen molar-refractivity contribution in [2.75, 3.05) is 12.4 Å². The maximum absolute atomic E-state index is 12.7. The average molecular weight is 415 g/mol. The molecule has 0 saturated heterocycles. The molecular weight excluding hydrogens is 388 g/mol. The lowest BCUT2D eigenvalue weighted by molar-refractivity contribution is 0.114. The largest absolute Gasteiger partial charge is 0.377 e. The number of para-hydroxylation sites is 1. The third kappa shape index (κ3) is 6.20. The van der Waals surface area contributed by atoms with E-state index >= 15 is 0 Å². The molecule has 0 N–H and O–H groups in total. The fourth-order valence-electron chi connectivity index (χ4n) is 2.99. The van der Waals surface area contributed by atoms with Crippen molar-refractivity contribution in [3.8, 4) is 5.69 Å². The maximum atomic E-state index is 12.7. The minimum Gasteiger partial charge on any atom is -0.377 e. The Balaban J connectivity index is 1.44. The monoisotopic (exact) mass is 414 g/mol. The van der Waals surface area contributed by atoms with Crippen molar-refractivity contribution in [1.82, 2.24) is 20.2 Å². The van der Waals surface area contributed by atoms with E-state index in [2.05, 4.69) is 22.4 Å². The van der Waals surface area contributed by atoms with E-state index in [1.54, 1.807) is 12.1 Å². The summed E-state index contributed by atoms with van der Waals surface area (Å²) < 4.78 is 32.4. The zero-order chi connectivity index (χ0) is 20.5. The van der Waals surface area contributed by atoms with Gasteiger partial charge < -0.3 is 4.74 Å². The van der Waals surface area contributed by atoms with Crippen molar-refractivity contribution in [1.29, 1.82) is 0 Å². The van der Waals surface area contributed by atoms with Crippen LogP contribution in [0.3, 0.4) is 0 Å². The summed E-state index contributed by atoms with van der Waals surface area (Å²) in [7, 11) is -3.57. The second kappa shape index (κ2) is 10.3. The molecule has 1 aromatic heterocycles. The number of tetrazole rings is 1. The van der Waals surface area contributed by atoms with Crippen molar-refractivity contribution in [2.45, 2.75) is 37.9 Å². The van der Waals surface area contributed by atoms with E-state index in [1.807, 2.05) is 48.5 Å². The summed E-state index contributed by atoms with van der Waals surface area (Å²) in [6.07, 6.45) is 2.37. The van der Waals surface area contributed by atoms with Crippen molar-refractivity contribution in [2.24, 2.45) is 5.92 Å². The van der Waals surface area contributed by atoms with Gasteiger partial charge in [0.2, 0.25) is 9.84 Å². The Kier molecular flexibility index (Phi) is 7.48. The minimum atomic E-state index is -3.57. The number of hydrogen-bond donors (Lipinski definition) is 0. The van der Waals surface area contributed by atoms with E-state index in [1.165, 1.54) is 4.68 Å². The number of aromatic nitrogens is 4. The van der Waals surface area contributed by atoms with Gasteiger partial charge in [0.05, 0.1) is 18.0 Å². The molecule has 154 valence electrons. The van der Waals surface area contributed by atoms with Gasteiger partial charge in [0.1, 0.15) is 0 Å². The molecular formula is C21H26N4O3S. The molecule has 0 saturated carbocycles. The second-order valence-electron chi connectivity index (χ2n) is 7.10. The zero-order valence-electron chi connectivity index (χ0n) is 16.5. The Bertz CT molecular complexity index is 975. The number of benzene rings is 2. The van der Waals surface area contributed by atoms with Crippen molar-refractivity contribution in [3.05, 3.63) is 66.2 Å². The predicted molar refractivity (Wildman–Crippen MR) is 110 cm³/mol. The first-order chi connectivity index (χ1) is 14.1. The molecule has 8 heteroatoms. The lowest BCUT2D eigenvalue weighted by Gasteiger charge is -2.12. The topological polar surface area (TPSA) is 87.0 Å². The van der Waals surface area contributed by atoms with Crippen LogP contribution >= 0.6 is 0 Å². The first kappa shape index (κ1) is 21.1. The van der Waals surface area contributed by atoms with Gasteiger partial charge in [0.15, 0.2) is 0 Å². The molecule has 1 atom stereocenters. The van der Waals surface area contributed by atoms with Crippen LogP contribution in [0.4, 0.5) is 0 Å². The van der Waals surface area contributed by atoms with Gasteiger partial charge in [-0.15, -0.1) is 0 Å². The summed E-state index contributed by atoms with van der Waals surface area (Å²) in [5, 5.41) is 11.0. The summed E-state index contributed by atoms with van der Waals surface area (Å²) in [6, 6.07) is 19.1.